The standard InChI is InChI=1S/C88H161O25P/c1-5-9-13-17-21-25-29-33-34-35-39-43-47-51-55-59-63-74(93)110-83-79(98)80(99)84(111-87-81(100)77(96)75(94)69(64-89)108-87)86(85(83)112-88-82(101)78(97)76(95)70(109-88)67-105-72(91)61-57-53-49-45-41-37-31-27-23-19-15-11-7-3)113-114(102,103)106-66-68(107-73(92)62-58-54-50-46-42-38-32-28-24-20-16-12-8-4)65-104-71(90)60-56-52-48-44-40-36-30-26-22-18-14-10-6-2/h36-37,40-41,68-70,75-89,94-101H,5-35,38-39,42-67H2,1-4H3,(H,102,103)/b40-36-,41-37-. The number of aliphatic hydroxyl groups is 9. The van der Waals surface area contributed by atoms with Crippen molar-refractivity contribution in [2.45, 2.75) is 485 Å². The van der Waals surface area contributed by atoms with Gasteiger partial charge in [0.25, 0.3) is 0 Å². The predicted octanol–water partition coefficient (Wildman–Crippen LogP) is 16.2. The Hall–Kier alpha value is -3.05. The van der Waals surface area contributed by atoms with Crippen LogP contribution in [-0.4, -0.2) is 205 Å². The average molecular weight is 1650 g/mol. The lowest BCUT2D eigenvalue weighted by Gasteiger charge is -2.50. The van der Waals surface area contributed by atoms with E-state index in [-0.39, 0.29) is 25.7 Å². The average Bonchev–Trinajstić information content (AvgIpc) is 0.755. The highest BCUT2D eigenvalue weighted by Gasteiger charge is 2.60. The van der Waals surface area contributed by atoms with Gasteiger partial charge in [0.05, 0.1) is 13.2 Å². The van der Waals surface area contributed by atoms with Crippen LogP contribution in [0.5, 0.6) is 0 Å². The van der Waals surface area contributed by atoms with Crippen LogP contribution in [0.4, 0.5) is 0 Å². The maximum absolute atomic E-state index is 14.9. The number of carbonyl (C=O) groups excluding carboxylic acids is 4. The molecule has 3 aliphatic rings. The van der Waals surface area contributed by atoms with Gasteiger partial charge in [-0.25, -0.2) is 4.57 Å². The topological polar surface area (TPSA) is 380 Å². The Morgan fingerprint density at radius 1 is 0.342 bits per heavy atom. The largest absolute Gasteiger partial charge is 0.472 e. The summed E-state index contributed by atoms with van der Waals surface area (Å²) in [5.74, 6) is -3.00. The van der Waals surface area contributed by atoms with Crippen molar-refractivity contribution in [3.63, 3.8) is 0 Å². The maximum Gasteiger partial charge on any atom is 0.472 e. The number of rotatable bonds is 73. The monoisotopic (exact) mass is 1650 g/mol. The van der Waals surface area contributed by atoms with Crippen molar-refractivity contribution in [1.82, 2.24) is 0 Å². The molecule has 0 radical (unpaired) electrons. The van der Waals surface area contributed by atoms with Gasteiger partial charge in [0.15, 0.2) is 24.8 Å². The molecule has 2 heterocycles. The van der Waals surface area contributed by atoms with Gasteiger partial charge < -0.3 is 88.7 Å². The molecule has 25 nitrogen and oxygen atoms in total. The molecule has 0 aromatic heterocycles. The Labute approximate surface area is 685 Å². The molecule has 2 aliphatic heterocycles. The minimum absolute atomic E-state index is 0.00595. The maximum atomic E-state index is 14.9. The van der Waals surface area contributed by atoms with Crippen molar-refractivity contribution in [3.05, 3.63) is 24.3 Å². The summed E-state index contributed by atoms with van der Waals surface area (Å²) < 4.78 is 73.3. The second-order valence-electron chi connectivity index (χ2n) is 32.5. The summed E-state index contributed by atoms with van der Waals surface area (Å²) in [6, 6.07) is 0. The van der Waals surface area contributed by atoms with Crippen molar-refractivity contribution >= 4 is 31.7 Å². The van der Waals surface area contributed by atoms with Crippen LogP contribution in [0.2, 0.25) is 0 Å². The molecular weight excluding hydrogens is 1490 g/mol. The van der Waals surface area contributed by atoms with E-state index >= 15 is 0 Å². The van der Waals surface area contributed by atoms with Gasteiger partial charge in [0, 0.05) is 25.7 Å². The number of phosphoric ester groups is 1. The SMILES string of the molecule is CCCCCCCC/C=C\CCCCCC(=O)OCC(COP(=O)(O)OC1C(OC2OC(CO)C(O)C(O)C2O)C(O)C(O)C(OC(=O)CCCCCCCCCCCCCCCCCC)C1OC1OC(COC(=O)CCCCC/C=C\CCCCCCCC)C(O)C(O)C1O)OC(=O)CCCCCCCCCCCCCCC. The molecule has 1 aliphatic carbocycles. The molecule has 668 valence electrons. The minimum atomic E-state index is -5.81. The molecule has 3 rings (SSSR count). The molecule has 0 aromatic rings. The Kier molecular flexibility index (Phi) is 62.3. The van der Waals surface area contributed by atoms with Crippen LogP contribution in [0.1, 0.15) is 381 Å². The predicted molar refractivity (Wildman–Crippen MR) is 439 cm³/mol. The number of unbranched alkanes of at least 4 members (excludes halogenated alkanes) is 45. The smallest absolute Gasteiger partial charge is 0.463 e. The number of esters is 4. The fraction of sp³-hybridized carbons (Fsp3) is 0.909. The highest BCUT2D eigenvalue weighted by atomic mass is 31.2. The summed E-state index contributed by atoms with van der Waals surface area (Å²) in [7, 11) is -5.81. The minimum Gasteiger partial charge on any atom is -0.463 e. The van der Waals surface area contributed by atoms with Crippen LogP contribution in [0, 0.1) is 0 Å². The van der Waals surface area contributed by atoms with E-state index in [1.54, 1.807) is 0 Å². The van der Waals surface area contributed by atoms with Crippen LogP contribution < -0.4 is 0 Å². The van der Waals surface area contributed by atoms with E-state index in [4.69, 9.17) is 46.9 Å². The molecular formula is C88H161O25P. The second-order valence-corrected chi connectivity index (χ2v) is 33.9. The van der Waals surface area contributed by atoms with E-state index in [0.29, 0.717) is 38.5 Å². The Balaban J connectivity index is 1.94. The molecule has 18 unspecified atom stereocenters. The number of hydrogen-bond donors (Lipinski definition) is 10. The summed E-state index contributed by atoms with van der Waals surface area (Å²) in [4.78, 5) is 66.3. The van der Waals surface area contributed by atoms with E-state index in [1.807, 2.05) is 0 Å². The van der Waals surface area contributed by atoms with Crippen molar-refractivity contribution in [3.8, 4) is 0 Å². The van der Waals surface area contributed by atoms with Crippen molar-refractivity contribution in [2.24, 2.45) is 0 Å². The third-order valence-corrected chi connectivity index (χ3v) is 23.2. The Morgan fingerprint density at radius 2 is 0.658 bits per heavy atom. The molecule has 0 aromatic carbocycles. The Bertz CT molecular complexity index is 2480. The lowest BCUT2D eigenvalue weighted by molar-refractivity contribution is -0.360. The molecule has 18 atom stereocenters. The first-order valence-corrected chi connectivity index (χ1v) is 47.1. The normalized spacial score (nSPS) is 25.5. The number of ether oxygens (including phenoxy) is 8. The van der Waals surface area contributed by atoms with Gasteiger partial charge in [-0.1, -0.05) is 302 Å². The van der Waals surface area contributed by atoms with Crippen molar-refractivity contribution in [1.29, 1.82) is 0 Å². The zero-order chi connectivity index (χ0) is 83.2. The summed E-state index contributed by atoms with van der Waals surface area (Å²) in [5.41, 5.74) is 0. The van der Waals surface area contributed by atoms with Gasteiger partial charge in [0.1, 0.15) is 92.6 Å². The number of phosphoric acid groups is 1. The summed E-state index contributed by atoms with van der Waals surface area (Å²) in [5, 5.41) is 102. The van der Waals surface area contributed by atoms with Crippen LogP contribution in [0.25, 0.3) is 0 Å². The molecule has 10 N–H and O–H groups in total. The highest BCUT2D eigenvalue weighted by Crippen LogP contribution is 2.49. The van der Waals surface area contributed by atoms with E-state index < -0.39 is 162 Å². The summed E-state index contributed by atoms with van der Waals surface area (Å²) in [6.07, 6.45) is 26.2. The highest BCUT2D eigenvalue weighted by molar-refractivity contribution is 7.47. The van der Waals surface area contributed by atoms with E-state index in [9.17, 15) is 74.6 Å². The molecule has 2 saturated heterocycles. The van der Waals surface area contributed by atoms with Crippen LogP contribution in [0.3, 0.4) is 0 Å². The third-order valence-electron chi connectivity index (χ3n) is 22.2. The van der Waals surface area contributed by atoms with Crippen LogP contribution in [0.15, 0.2) is 24.3 Å². The lowest BCUT2D eigenvalue weighted by atomic mass is 9.84. The first-order valence-electron chi connectivity index (χ1n) is 45.6. The molecule has 3 fully saturated rings. The van der Waals surface area contributed by atoms with Gasteiger partial charge in [-0.05, 0) is 77.0 Å². The number of carbonyl (C=O) groups is 4. The fourth-order valence-electron chi connectivity index (χ4n) is 14.9. The zero-order valence-electron chi connectivity index (χ0n) is 70.9. The van der Waals surface area contributed by atoms with Gasteiger partial charge >= 0.3 is 31.7 Å². The molecule has 0 amide bonds. The van der Waals surface area contributed by atoms with Gasteiger partial charge in [-0.15, -0.1) is 0 Å². The zero-order valence-corrected chi connectivity index (χ0v) is 71.8. The van der Waals surface area contributed by atoms with E-state index in [1.165, 1.54) is 167 Å². The summed E-state index contributed by atoms with van der Waals surface area (Å²) in [6.45, 7) is 5.54. The van der Waals surface area contributed by atoms with E-state index in [2.05, 4.69) is 52.0 Å². The van der Waals surface area contributed by atoms with Crippen LogP contribution >= 0.6 is 7.82 Å². The van der Waals surface area contributed by atoms with Gasteiger partial charge in [-0.2, -0.15) is 0 Å². The van der Waals surface area contributed by atoms with Crippen molar-refractivity contribution < 1.29 is 122 Å². The second kappa shape index (κ2) is 67.6. The fourth-order valence-corrected chi connectivity index (χ4v) is 15.9. The first-order chi connectivity index (χ1) is 55.2. The Morgan fingerprint density at radius 3 is 1.05 bits per heavy atom. The quantitative estimate of drug-likeness (QED) is 0.00889. The van der Waals surface area contributed by atoms with E-state index in [0.717, 1.165) is 122 Å². The number of allylic oxidation sites excluding steroid dienone is 4. The number of aliphatic hydroxyl groups excluding tert-OH is 9. The molecule has 26 heteroatoms. The van der Waals surface area contributed by atoms with Gasteiger partial charge in [-0.3, -0.25) is 28.2 Å². The first kappa shape index (κ1) is 105. The van der Waals surface area contributed by atoms with Gasteiger partial charge in [0.2, 0.25) is 0 Å². The molecule has 1 saturated carbocycles. The number of hydrogen-bond acceptors (Lipinski definition) is 24. The van der Waals surface area contributed by atoms with Crippen molar-refractivity contribution in [2.75, 3.05) is 26.4 Å². The van der Waals surface area contributed by atoms with Crippen LogP contribution in [-0.2, 0) is 70.7 Å². The third kappa shape index (κ3) is 47.8. The summed E-state index contributed by atoms with van der Waals surface area (Å²) >= 11 is 0. The molecule has 0 spiro atoms. The molecule has 114 heavy (non-hydrogen) atoms. The molecule has 0 bridgehead atoms. The lowest BCUT2D eigenvalue weighted by Crippen LogP contribution is -2.70.